The molecule has 1 aliphatic heterocycles. The highest BCUT2D eigenvalue weighted by atomic mass is 32.1. The maximum atomic E-state index is 12.1. The van der Waals surface area contributed by atoms with Crippen molar-refractivity contribution >= 4 is 23.3 Å². The van der Waals surface area contributed by atoms with Crippen molar-refractivity contribution in [2.75, 3.05) is 13.1 Å². The van der Waals surface area contributed by atoms with Crippen molar-refractivity contribution in [3.05, 3.63) is 22.4 Å². The Morgan fingerprint density at radius 1 is 1.29 bits per heavy atom. The van der Waals surface area contributed by atoms with Crippen LogP contribution in [-0.4, -0.2) is 41.5 Å². The van der Waals surface area contributed by atoms with Gasteiger partial charge in [-0.2, -0.15) is 0 Å². The molecule has 0 atom stereocenters. The van der Waals surface area contributed by atoms with Gasteiger partial charge in [0, 0.05) is 24.7 Å². The van der Waals surface area contributed by atoms with E-state index in [9.17, 15) is 9.59 Å². The zero-order chi connectivity index (χ0) is 15.5. The fourth-order valence-corrected chi connectivity index (χ4v) is 2.92. The van der Waals surface area contributed by atoms with Crippen LogP contribution in [0, 0.1) is 0 Å². The zero-order valence-corrected chi connectivity index (χ0v) is 13.6. The maximum absolute atomic E-state index is 12.1. The Morgan fingerprint density at radius 2 is 1.95 bits per heavy atom. The molecule has 1 saturated heterocycles. The molecule has 2 heterocycles. The average molecular weight is 309 g/mol. The van der Waals surface area contributed by atoms with Crippen molar-refractivity contribution in [1.29, 1.82) is 0 Å². The van der Waals surface area contributed by atoms with Gasteiger partial charge in [-0.05, 0) is 45.1 Å². The van der Waals surface area contributed by atoms with E-state index in [0.29, 0.717) is 13.1 Å². The van der Waals surface area contributed by atoms with E-state index in [1.165, 1.54) is 11.3 Å². The summed E-state index contributed by atoms with van der Waals surface area (Å²) in [6.45, 7) is 7.27. The van der Waals surface area contributed by atoms with Crippen LogP contribution in [0.2, 0.25) is 0 Å². The number of piperidine rings is 1. The number of hydrogen-bond acceptors (Lipinski definition) is 3. The van der Waals surface area contributed by atoms with Crippen molar-refractivity contribution in [1.82, 2.24) is 15.5 Å². The third kappa shape index (κ3) is 4.74. The van der Waals surface area contributed by atoms with Gasteiger partial charge in [0.05, 0.1) is 4.88 Å². The van der Waals surface area contributed by atoms with E-state index in [2.05, 4.69) is 10.6 Å². The Hall–Kier alpha value is -1.56. The fraction of sp³-hybridized carbons (Fsp3) is 0.600. The zero-order valence-electron chi connectivity index (χ0n) is 12.8. The number of carbonyl (C=O) groups excluding carboxylic acids is 2. The van der Waals surface area contributed by atoms with Crippen LogP contribution in [0.3, 0.4) is 0 Å². The van der Waals surface area contributed by atoms with Crippen LogP contribution in [0.1, 0.15) is 43.3 Å². The molecule has 0 saturated carbocycles. The molecule has 2 N–H and O–H groups in total. The van der Waals surface area contributed by atoms with Crippen LogP contribution in [-0.2, 0) is 0 Å². The number of nitrogens with zero attached hydrogens (tertiary/aromatic N) is 1. The minimum absolute atomic E-state index is 0.0115. The number of hydrogen-bond donors (Lipinski definition) is 2. The first-order chi connectivity index (χ1) is 9.85. The van der Waals surface area contributed by atoms with Crippen LogP contribution in [0.15, 0.2) is 17.5 Å². The molecule has 5 nitrogen and oxygen atoms in total. The summed E-state index contributed by atoms with van der Waals surface area (Å²) in [6.07, 6.45) is 1.60. The predicted octanol–water partition coefficient (Wildman–Crippen LogP) is 2.45. The number of likely N-dealkylation sites (tertiary alicyclic amines) is 1. The molecule has 0 unspecified atom stereocenters. The summed E-state index contributed by atoms with van der Waals surface area (Å²) in [6, 6.07) is 3.83. The SMILES string of the molecule is CC(C)(C)NC(=O)N1CCC(NC(=O)c2cccs2)CC1. The second-order valence-electron chi connectivity index (χ2n) is 6.39. The first-order valence-corrected chi connectivity index (χ1v) is 8.14. The number of thiophene rings is 1. The molecular weight excluding hydrogens is 286 g/mol. The van der Waals surface area contributed by atoms with E-state index < -0.39 is 0 Å². The summed E-state index contributed by atoms with van der Waals surface area (Å²) in [5.74, 6) is -0.0115. The molecule has 0 aliphatic carbocycles. The third-order valence-electron chi connectivity index (χ3n) is 3.34. The number of nitrogens with one attached hydrogen (secondary N) is 2. The first kappa shape index (κ1) is 15.8. The van der Waals surface area contributed by atoms with Crippen molar-refractivity contribution in [3.63, 3.8) is 0 Å². The fourth-order valence-electron chi connectivity index (χ4n) is 2.29. The Labute approximate surface area is 129 Å². The smallest absolute Gasteiger partial charge is 0.317 e. The summed E-state index contributed by atoms with van der Waals surface area (Å²) in [7, 11) is 0. The van der Waals surface area contributed by atoms with Gasteiger partial charge in [-0.1, -0.05) is 6.07 Å². The minimum Gasteiger partial charge on any atom is -0.348 e. The molecule has 3 amide bonds. The molecule has 1 aromatic heterocycles. The molecule has 0 spiro atoms. The summed E-state index contributed by atoms with van der Waals surface area (Å²) >= 11 is 1.44. The third-order valence-corrected chi connectivity index (χ3v) is 4.21. The normalized spacial score (nSPS) is 16.6. The molecule has 0 bridgehead atoms. The van der Waals surface area contributed by atoms with E-state index in [-0.39, 0.29) is 23.5 Å². The number of urea groups is 1. The highest BCUT2D eigenvalue weighted by molar-refractivity contribution is 7.12. The van der Waals surface area contributed by atoms with Crippen LogP contribution in [0.5, 0.6) is 0 Å². The van der Waals surface area contributed by atoms with Gasteiger partial charge in [-0.25, -0.2) is 4.79 Å². The van der Waals surface area contributed by atoms with Crippen molar-refractivity contribution in [2.24, 2.45) is 0 Å². The summed E-state index contributed by atoms with van der Waals surface area (Å²) in [4.78, 5) is 26.6. The lowest BCUT2D eigenvalue weighted by molar-refractivity contribution is 0.0921. The van der Waals surface area contributed by atoms with Gasteiger partial charge in [0.2, 0.25) is 0 Å². The minimum atomic E-state index is -0.221. The van der Waals surface area contributed by atoms with E-state index in [1.54, 1.807) is 0 Å². The first-order valence-electron chi connectivity index (χ1n) is 7.26. The van der Waals surface area contributed by atoms with Gasteiger partial charge in [-0.3, -0.25) is 4.79 Å². The number of rotatable bonds is 2. The molecule has 1 aromatic rings. The molecule has 116 valence electrons. The standard InChI is InChI=1S/C15H23N3O2S/c1-15(2,3)17-14(20)18-8-6-11(7-9-18)16-13(19)12-5-4-10-21-12/h4-5,10-11H,6-9H2,1-3H3,(H,16,19)(H,17,20). The van der Waals surface area contributed by atoms with E-state index in [1.807, 2.05) is 43.2 Å². The Kier molecular flexibility index (Phi) is 4.88. The molecule has 6 heteroatoms. The van der Waals surface area contributed by atoms with Gasteiger partial charge >= 0.3 is 6.03 Å². The maximum Gasteiger partial charge on any atom is 0.317 e. The second kappa shape index (κ2) is 6.47. The average Bonchev–Trinajstić information content (AvgIpc) is 2.91. The lowest BCUT2D eigenvalue weighted by Gasteiger charge is -2.34. The monoisotopic (exact) mass is 309 g/mol. The van der Waals surface area contributed by atoms with Crippen LogP contribution in [0.25, 0.3) is 0 Å². The largest absolute Gasteiger partial charge is 0.348 e. The molecule has 21 heavy (non-hydrogen) atoms. The van der Waals surface area contributed by atoms with Gasteiger partial charge in [-0.15, -0.1) is 11.3 Å². The molecule has 1 fully saturated rings. The van der Waals surface area contributed by atoms with E-state index in [0.717, 1.165) is 17.7 Å². The van der Waals surface area contributed by atoms with Crippen molar-refractivity contribution in [2.45, 2.75) is 45.2 Å². The highest BCUT2D eigenvalue weighted by Gasteiger charge is 2.26. The predicted molar refractivity (Wildman–Crippen MR) is 84.7 cm³/mol. The van der Waals surface area contributed by atoms with Crippen LogP contribution in [0.4, 0.5) is 4.79 Å². The molecule has 0 radical (unpaired) electrons. The second-order valence-corrected chi connectivity index (χ2v) is 7.34. The van der Waals surface area contributed by atoms with E-state index >= 15 is 0 Å². The Balaban J connectivity index is 1.78. The lowest BCUT2D eigenvalue weighted by Crippen LogP contribution is -2.53. The van der Waals surface area contributed by atoms with E-state index in [4.69, 9.17) is 0 Å². The van der Waals surface area contributed by atoms with Crippen molar-refractivity contribution < 1.29 is 9.59 Å². The van der Waals surface area contributed by atoms with Gasteiger partial charge in [0.25, 0.3) is 5.91 Å². The summed E-state index contributed by atoms with van der Waals surface area (Å²) in [5, 5.41) is 7.91. The van der Waals surface area contributed by atoms with Crippen molar-refractivity contribution in [3.8, 4) is 0 Å². The summed E-state index contributed by atoms with van der Waals surface area (Å²) < 4.78 is 0. The summed E-state index contributed by atoms with van der Waals surface area (Å²) in [5.41, 5.74) is -0.221. The van der Waals surface area contributed by atoms with Crippen LogP contribution < -0.4 is 10.6 Å². The Bertz CT molecular complexity index is 486. The van der Waals surface area contributed by atoms with Crippen LogP contribution >= 0.6 is 11.3 Å². The lowest BCUT2D eigenvalue weighted by atomic mass is 10.0. The highest BCUT2D eigenvalue weighted by Crippen LogP contribution is 2.14. The van der Waals surface area contributed by atoms with Gasteiger partial charge in [0.1, 0.15) is 0 Å². The van der Waals surface area contributed by atoms with Gasteiger partial charge in [0.15, 0.2) is 0 Å². The number of carbonyl (C=O) groups is 2. The molecule has 1 aliphatic rings. The topological polar surface area (TPSA) is 61.4 Å². The molecular formula is C15H23N3O2S. The number of amides is 3. The van der Waals surface area contributed by atoms with Gasteiger partial charge < -0.3 is 15.5 Å². The Morgan fingerprint density at radius 3 is 2.48 bits per heavy atom. The molecule has 0 aromatic carbocycles. The quantitative estimate of drug-likeness (QED) is 0.881. The molecule has 2 rings (SSSR count).